The second-order valence-corrected chi connectivity index (χ2v) is 6.66. The second-order valence-electron chi connectivity index (χ2n) is 4.43. The third-order valence-corrected chi connectivity index (χ3v) is 4.84. The summed E-state index contributed by atoms with van der Waals surface area (Å²) in [6.07, 6.45) is 0.770. The number of carbonyl (C=O) groups is 1. The Labute approximate surface area is 110 Å². The molecule has 1 aliphatic rings. The summed E-state index contributed by atoms with van der Waals surface area (Å²) in [6, 6.07) is -0.336. The quantitative estimate of drug-likeness (QED) is 0.779. The van der Waals surface area contributed by atoms with E-state index >= 15 is 0 Å². The normalized spacial score (nSPS) is 21.6. The number of aromatic nitrogens is 3. The first-order valence-electron chi connectivity index (χ1n) is 5.81. The third-order valence-electron chi connectivity index (χ3n) is 3.09. The van der Waals surface area contributed by atoms with Gasteiger partial charge in [-0.2, -0.15) is 0 Å². The average Bonchev–Trinajstić information content (AvgIpc) is 2.89. The second kappa shape index (κ2) is 5.25. The summed E-state index contributed by atoms with van der Waals surface area (Å²) in [5.74, 6) is -1.09. The summed E-state index contributed by atoms with van der Waals surface area (Å²) in [4.78, 5) is 11.1. The third kappa shape index (κ3) is 2.92. The van der Waals surface area contributed by atoms with Crippen molar-refractivity contribution in [3.63, 3.8) is 0 Å². The lowest BCUT2D eigenvalue weighted by atomic mass is 10.2. The van der Waals surface area contributed by atoms with E-state index < -0.39 is 15.8 Å². The fourth-order valence-electron chi connectivity index (χ4n) is 2.17. The Morgan fingerprint density at radius 2 is 2.32 bits per heavy atom. The molecule has 0 bridgehead atoms. The van der Waals surface area contributed by atoms with E-state index in [-0.39, 0.29) is 23.2 Å². The highest BCUT2D eigenvalue weighted by molar-refractivity contribution is 7.91. The van der Waals surface area contributed by atoms with Crippen molar-refractivity contribution in [3.05, 3.63) is 11.4 Å². The van der Waals surface area contributed by atoms with Crippen LogP contribution in [0.25, 0.3) is 0 Å². The number of nitrogens with zero attached hydrogens (tertiary/aromatic N) is 3. The van der Waals surface area contributed by atoms with E-state index in [0.29, 0.717) is 25.1 Å². The number of hydrogen-bond acceptors (Lipinski definition) is 6. The maximum Gasteiger partial charge on any atom is 0.358 e. The molecule has 2 heterocycles. The number of hydrogen-bond donors (Lipinski definition) is 1. The van der Waals surface area contributed by atoms with Crippen molar-refractivity contribution in [2.75, 3.05) is 25.2 Å². The minimum absolute atomic E-state index is 0.0185. The van der Waals surface area contributed by atoms with Crippen molar-refractivity contribution >= 4 is 15.8 Å². The van der Waals surface area contributed by atoms with Crippen LogP contribution in [-0.4, -0.2) is 59.7 Å². The van der Waals surface area contributed by atoms with Crippen LogP contribution in [0.15, 0.2) is 0 Å². The van der Waals surface area contributed by atoms with Crippen molar-refractivity contribution in [2.24, 2.45) is 0 Å². The van der Waals surface area contributed by atoms with Gasteiger partial charge in [0.2, 0.25) is 0 Å². The van der Waals surface area contributed by atoms with Gasteiger partial charge in [-0.3, -0.25) is 0 Å². The van der Waals surface area contributed by atoms with Gasteiger partial charge >= 0.3 is 5.97 Å². The molecule has 2 rings (SSSR count). The Morgan fingerprint density at radius 1 is 1.58 bits per heavy atom. The smallest absolute Gasteiger partial charge is 0.358 e. The molecule has 1 aliphatic heterocycles. The van der Waals surface area contributed by atoms with Gasteiger partial charge in [0.05, 0.1) is 29.8 Å². The molecule has 1 saturated heterocycles. The molecule has 0 aliphatic carbocycles. The highest BCUT2D eigenvalue weighted by Gasteiger charge is 2.32. The number of sulfone groups is 1. The summed E-state index contributed by atoms with van der Waals surface area (Å²) in [6.45, 7) is 0.327. The molecule has 0 saturated carbocycles. The molecule has 1 fully saturated rings. The van der Waals surface area contributed by atoms with Crippen LogP contribution in [0, 0.1) is 0 Å². The first-order chi connectivity index (χ1) is 8.94. The van der Waals surface area contributed by atoms with E-state index in [4.69, 9.17) is 9.84 Å². The minimum Gasteiger partial charge on any atom is -0.476 e. The molecule has 9 heteroatoms. The average molecular weight is 289 g/mol. The van der Waals surface area contributed by atoms with Gasteiger partial charge in [-0.05, 0) is 6.42 Å². The standard InChI is InChI=1S/C10H15N3O5S/c1-18-4-2-8-9(10(14)15)11-12-13(8)7-3-5-19(16,17)6-7/h7H,2-6H2,1H3,(H,14,15). The van der Waals surface area contributed by atoms with Gasteiger partial charge in [0, 0.05) is 13.5 Å². The highest BCUT2D eigenvalue weighted by Crippen LogP contribution is 2.25. The van der Waals surface area contributed by atoms with Gasteiger partial charge in [0.25, 0.3) is 0 Å². The number of carboxylic acids is 1. The van der Waals surface area contributed by atoms with Gasteiger partial charge in [-0.15, -0.1) is 5.10 Å². The molecule has 1 unspecified atom stereocenters. The summed E-state index contributed by atoms with van der Waals surface area (Å²) < 4.78 is 29.3. The van der Waals surface area contributed by atoms with Gasteiger partial charge in [0.1, 0.15) is 0 Å². The molecule has 1 aromatic heterocycles. The molecule has 0 spiro atoms. The number of ether oxygens (including phenoxy) is 1. The summed E-state index contributed by atoms with van der Waals surface area (Å²) >= 11 is 0. The Hall–Kier alpha value is -1.48. The van der Waals surface area contributed by atoms with E-state index in [1.165, 1.54) is 11.8 Å². The van der Waals surface area contributed by atoms with Crippen LogP contribution in [0.1, 0.15) is 28.6 Å². The molecule has 0 amide bonds. The van der Waals surface area contributed by atoms with Crippen molar-refractivity contribution in [3.8, 4) is 0 Å². The van der Waals surface area contributed by atoms with Crippen LogP contribution in [0.2, 0.25) is 0 Å². The zero-order valence-electron chi connectivity index (χ0n) is 10.4. The first-order valence-corrected chi connectivity index (χ1v) is 7.63. The van der Waals surface area contributed by atoms with E-state index in [1.54, 1.807) is 0 Å². The molecule has 0 aromatic carbocycles. The van der Waals surface area contributed by atoms with Crippen LogP contribution >= 0.6 is 0 Å². The Kier molecular flexibility index (Phi) is 3.85. The van der Waals surface area contributed by atoms with Crippen LogP contribution in [0.3, 0.4) is 0 Å². The van der Waals surface area contributed by atoms with Crippen LogP contribution < -0.4 is 0 Å². The van der Waals surface area contributed by atoms with E-state index in [9.17, 15) is 13.2 Å². The Morgan fingerprint density at radius 3 is 2.84 bits per heavy atom. The lowest BCUT2D eigenvalue weighted by Gasteiger charge is -2.11. The Bertz CT molecular complexity index is 580. The maximum atomic E-state index is 11.5. The molecular weight excluding hydrogens is 274 g/mol. The Balaban J connectivity index is 2.32. The maximum absolute atomic E-state index is 11.5. The van der Waals surface area contributed by atoms with Crippen molar-refractivity contribution in [1.29, 1.82) is 0 Å². The monoisotopic (exact) mass is 289 g/mol. The molecule has 0 radical (unpaired) electrons. The van der Waals surface area contributed by atoms with Gasteiger partial charge in [-0.1, -0.05) is 5.21 Å². The predicted octanol–water partition coefficient (Wildman–Crippen LogP) is -0.475. The highest BCUT2D eigenvalue weighted by atomic mass is 32.2. The molecule has 8 nitrogen and oxygen atoms in total. The SMILES string of the molecule is COCCc1c(C(=O)O)nnn1C1CCS(=O)(=O)C1. The molecule has 1 N–H and O–H groups in total. The van der Waals surface area contributed by atoms with Crippen molar-refractivity contribution < 1.29 is 23.1 Å². The lowest BCUT2D eigenvalue weighted by Crippen LogP contribution is -2.17. The molecular formula is C10H15N3O5S. The molecule has 19 heavy (non-hydrogen) atoms. The van der Waals surface area contributed by atoms with Gasteiger partial charge in [-0.25, -0.2) is 17.9 Å². The zero-order valence-corrected chi connectivity index (χ0v) is 11.3. The fourth-order valence-corrected chi connectivity index (χ4v) is 3.86. The van der Waals surface area contributed by atoms with Crippen LogP contribution in [0.4, 0.5) is 0 Å². The van der Waals surface area contributed by atoms with E-state index in [1.807, 2.05) is 0 Å². The molecule has 1 aromatic rings. The van der Waals surface area contributed by atoms with Crippen LogP contribution in [0.5, 0.6) is 0 Å². The van der Waals surface area contributed by atoms with E-state index in [0.717, 1.165) is 0 Å². The van der Waals surface area contributed by atoms with Gasteiger partial charge in [0.15, 0.2) is 15.5 Å². The fraction of sp³-hybridized carbons (Fsp3) is 0.700. The van der Waals surface area contributed by atoms with Crippen LogP contribution in [-0.2, 0) is 21.0 Å². The topological polar surface area (TPSA) is 111 Å². The summed E-state index contributed by atoms with van der Waals surface area (Å²) in [5.41, 5.74) is 0.276. The number of rotatable bonds is 5. The van der Waals surface area contributed by atoms with Gasteiger partial charge < -0.3 is 9.84 Å². The number of aromatic carboxylic acids is 1. The van der Waals surface area contributed by atoms with E-state index in [2.05, 4.69) is 10.3 Å². The molecule has 106 valence electrons. The first kappa shape index (κ1) is 13.9. The number of carboxylic acid groups (broad SMARTS) is 1. The number of methoxy groups -OCH3 is 1. The molecule has 1 atom stereocenters. The summed E-state index contributed by atoms with van der Waals surface area (Å²) in [5, 5.41) is 16.5. The minimum atomic E-state index is -3.06. The summed E-state index contributed by atoms with van der Waals surface area (Å²) in [7, 11) is -1.55. The lowest BCUT2D eigenvalue weighted by molar-refractivity contribution is 0.0688. The largest absolute Gasteiger partial charge is 0.476 e. The predicted molar refractivity (Wildman–Crippen MR) is 64.9 cm³/mol. The van der Waals surface area contributed by atoms with Crippen molar-refractivity contribution in [2.45, 2.75) is 18.9 Å². The van der Waals surface area contributed by atoms with Crippen molar-refractivity contribution in [1.82, 2.24) is 15.0 Å². The zero-order chi connectivity index (χ0) is 14.0.